The number of dihydropyridines is 1. The van der Waals surface area contributed by atoms with Crippen LogP contribution >= 0.6 is 0 Å². The molecule has 7 nitrogen and oxygen atoms in total. The minimum Gasteiger partial charge on any atom is -0.372 e. The lowest BCUT2D eigenvalue weighted by atomic mass is 9.91. The molecule has 0 aliphatic carbocycles. The van der Waals surface area contributed by atoms with Gasteiger partial charge in [-0.2, -0.15) is 10.5 Å². The first-order valence-corrected chi connectivity index (χ1v) is 8.28. The number of nitriles is 2. The molecule has 1 aromatic rings. The number of nitrogens with one attached hydrogen (secondary N) is 1. The maximum atomic E-state index is 9.60. The van der Waals surface area contributed by atoms with Crippen LogP contribution in [0.1, 0.15) is 5.56 Å². The number of allylic oxidation sites excluding steroid dienone is 2. The molecule has 3 atom stereocenters. The summed E-state index contributed by atoms with van der Waals surface area (Å²) in [4.78, 5) is 8.54. The second-order valence-electron chi connectivity index (χ2n) is 6.36. The van der Waals surface area contributed by atoms with Crippen molar-refractivity contribution in [3.05, 3.63) is 48.3 Å². The SMILES string of the molecule is N#CN1CC2OCCN(c3ccc(C4(C#N)C=CC=CN4)cn3)C2C1. The number of hydrogen-bond donors (Lipinski definition) is 1. The van der Waals surface area contributed by atoms with Crippen LogP contribution in [-0.4, -0.2) is 48.3 Å². The Bertz CT molecular complexity index is 789. The fourth-order valence-corrected chi connectivity index (χ4v) is 3.64. The standard InChI is InChI=1S/C18H18N6O/c19-12-18(5-1-2-6-22-18)14-3-4-17(21-9-14)24-7-8-25-16-11-23(13-20)10-15(16)24/h1-6,9,15-16,22H,7-8,10-11H2. The molecule has 7 heteroatoms. The summed E-state index contributed by atoms with van der Waals surface area (Å²) < 4.78 is 5.81. The van der Waals surface area contributed by atoms with Crippen molar-refractivity contribution >= 4 is 5.82 Å². The summed E-state index contributed by atoms with van der Waals surface area (Å²) in [7, 11) is 0. The minimum atomic E-state index is -0.876. The Morgan fingerprint density at radius 2 is 2.20 bits per heavy atom. The summed E-state index contributed by atoms with van der Waals surface area (Å²) >= 11 is 0. The number of hydrogen-bond acceptors (Lipinski definition) is 7. The lowest BCUT2D eigenvalue weighted by Gasteiger charge is -2.37. The van der Waals surface area contributed by atoms with Crippen molar-refractivity contribution in [2.45, 2.75) is 17.7 Å². The number of ether oxygens (including phenoxy) is 1. The molecule has 0 spiro atoms. The van der Waals surface area contributed by atoms with Crippen LogP contribution in [0, 0.1) is 22.8 Å². The van der Waals surface area contributed by atoms with Crippen molar-refractivity contribution in [1.82, 2.24) is 15.2 Å². The van der Waals surface area contributed by atoms with Gasteiger partial charge in [0, 0.05) is 18.3 Å². The molecule has 1 aromatic heterocycles. The van der Waals surface area contributed by atoms with Crippen molar-refractivity contribution in [2.75, 3.05) is 31.1 Å². The number of rotatable bonds is 2. The molecule has 0 bridgehead atoms. The van der Waals surface area contributed by atoms with Crippen LogP contribution in [0.3, 0.4) is 0 Å². The van der Waals surface area contributed by atoms with E-state index in [-0.39, 0.29) is 12.1 Å². The molecule has 126 valence electrons. The molecule has 3 aliphatic rings. The lowest BCUT2D eigenvalue weighted by molar-refractivity contribution is 0.0323. The first-order valence-electron chi connectivity index (χ1n) is 8.28. The van der Waals surface area contributed by atoms with Gasteiger partial charge in [-0.3, -0.25) is 0 Å². The number of fused-ring (bicyclic) bond motifs is 1. The van der Waals surface area contributed by atoms with E-state index in [4.69, 9.17) is 10.00 Å². The average Bonchev–Trinajstić information content (AvgIpc) is 3.12. The number of pyridine rings is 1. The number of nitrogens with zero attached hydrogens (tertiary/aromatic N) is 5. The van der Waals surface area contributed by atoms with E-state index in [1.807, 2.05) is 30.4 Å². The molecule has 0 aromatic carbocycles. The third-order valence-corrected chi connectivity index (χ3v) is 4.98. The lowest BCUT2D eigenvalue weighted by Crippen LogP contribution is -2.51. The molecule has 25 heavy (non-hydrogen) atoms. The highest BCUT2D eigenvalue weighted by Crippen LogP contribution is 2.29. The molecule has 0 saturated carbocycles. The number of morpholine rings is 1. The van der Waals surface area contributed by atoms with Gasteiger partial charge in [-0.1, -0.05) is 12.1 Å². The zero-order chi connectivity index (χ0) is 17.3. The third kappa shape index (κ3) is 2.59. The van der Waals surface area contributed by atoms with Crippen molar-refractivity contribution in [2.24, 2.45) is 0 Å². The predicted octanol–water partition coefficient (Wildman–Crippen LogP) is 0.844. The van der Waals surface area contributed by atoms with Gasteiger partial charge >= 0.3 is 0 Å². The van der Waals surface area contributed by atoms with E-state index in [1.54, 1.807) is 17.3 Å². The molecule has 1 N–H and O–H groups in total. The fourth-order valence-electron chi connectivity index (χ4n) is 3.64. The second-order valence-corrected chi connectivity index (χ2v) is 6.36. The Balaban J connectivity index is 1.58. The second kappa shape index (κ2) is 6.12. The van der Waals surface area contributed by atoms with Gasteiger partial charge in [-0.15, -0.1) is 0 Å². The maximum absolute atomic E-state index is 9.60. The van der Waals surface area contributed by atoms with Crippen LogP contribution in [0.4, 0.5) is 5.82 Å². The Kier molecular flexibility index (Phi) is 3.79. The normalized spacial score (nSPS) is 30.3. The Labute approximate surface area is 146 Å². The summed E-state index contributed by atoms with van der Waals surface area (Å²) in [6.07, 6.45) is 11.3. The largest absolute Gasteiger partial charge is 0.372 e. The Hall–Kier alpha value is -3.03. The number of likely N-dealkylation sites (tertiary alicyclic amines) is 1. The van der Waals surface area contributed by atoms with Gasteiger partial charge in [0.15, 0.2) is 11.7 Å². The highest BCUT2D eigenvalue weighted by atomic mass is 16.5. The fraction of sp³-hybridized carbons (Fsp3) is 0.389. The first kappa shape index (κ1) is 15.5. The average molecular weight is 334 g/mol. The molecule has 0 amide bonds. The highest BCUT2D eigenvalue weighted by molar-refractivity contribution is 5.47. The van der Waals surface area contributed by atoms with E-state index in [1.165, 1.54) is 0 Å². The summed E-state index contributed by atoms with van der Waals surface area (Å²) in [6, 6.07) is 6.33. The van der Waals surface area contributed by atoms with Gasteiger partial charge < -0.3 is 19.9 Å². The summed E-state index contributed by atoms with van der Waals surface area (Å²) in [5.74, 6) is 0.852. The molecule has 0 radical (unpaired) electrons. The van der Waals surface area contributed by atoms with E-state index in [0.717, 1.165) is 17.9 Å². The predicted molar refractivity (Wildman–Crippen MR) is 91.0 cm³/mol. The van der Waals surface area contributed by atoms with Crippen molar-refractivity contribution in [3.8, 4) is 12.3 Å². The monoisotopic (exact) mass is 334 g/mol. The van der Waals surface area contributed by atoms with Gasteiger partial charge in [-0.05, 0) is 24.4 Å². The van der Waals surface area contributed by atoms with E-state index >= 15 is 0 Å². The zero-order valence-corrected chi connectivity index (χ0v) is 13.7. The minimum absolute atomic E-state index is 0.0356. The van der Waals surface area contributed by atoms with Crippen LogP contribution in [0.15, 0.2) is 42.8 Å². The smallest absolute Gasteiger partial charge is 0.179 e. The first-order chi connectivity index (χ1) is 12.3. The molecule has 2 saturated heterocycles. The summed E-state index contributed by atoms with van der Waals surface area (Å²) in [5.41, 5.74) is -0.0760. The van der Waals surface area contributed by atoms with Gasteiger partial charge in [0.25, 0.3) is 0 Å². The van der Waals surface area contributed by atoms with E-state index in [9.17, 15) is 5.26 Å². The van der Waals surface area contributed by atoms with Crippen LogP contribution in [0.25, 0.3) is 0 Å². The zero-order valence-electron chi connectivity index (χ0n) is 13.7. The van der Waals surface area contributed by atoms with Crippen LogP contribution < -0.4 is 10.2 Å². The molecule has 3 aliphatic heterocycles. The van der Waals surface area contributed by atoms with Crippen molar-refractivity contribution in [1.29, 1.82) is 10.5 Å². The molecular weight excluding hydrogens is 316 g/mol. The molecule has 3 unspecified atom stereocenters. The van der Waals surface area contributed by atoms with E-state index in [0.29, 0.717) is 19.7 Å². The maximum Gasteiger partial charge on any atom is 0.179 e. The third-order valence-electron chi connectivity index (χ3n) is 4.98. The molecule has 2 fully saturated rings. The summed E-state index contributed by atoms with van der Waals surface area (Å²) in [5, 5.41) is 21.8. The molecule has 4 rings (SSSR count). The number of aromatic nitrogens is 1. The Morgan fingerprint density at radius 3 is 2.88 bits per heavy atom. The van der Waals surface area contributed by atoms with Gasteiger partial charge in [0.05, 0.1) is 31.8 Å². The van der Waals surface area contributed by atoms with Gasteiger partial charge in [0.2, 0.25) is 0 Å². The van der Waals surface area contributed by atoms with Crippen LogP contribution in [0.5, 0.6) is 0 Å². The molecule has 4 heterocycles. The quantitative estimate of drug-likeness (QED) is 0.802. The topological polar surface area (TPSA) is 88.2 Å². The van der Waals surface area contributed by atoms with E-state index in [2.05, 4.69) is 27.5 Å². The Morgan fingerprint density at radius 1 is 1.28 bits per heavy atom. The van der Waals surface area contributed by atoms with Crippen molar-refractivity contribution < 1.29 is 4.74 Å². The van der Waals surface area contributed by atoms with E-state index < -0.39 is 5.54 Å². The van der Waals surface area contributed by atoms with Crippen molar-refractivity contribution in [3.63, 3.8) is 0 Å². The van der Waals surface area contributed by atoms with Gasteiger partial charge in [0.1, 0.15) is 11.9 Å². The van der Waals surface area contributed by atoms with Crippen LogP contribution in [-0.2, 0) is 10.3 Å². The van der Waals surface area contributed by atoms with Gasteiger partial charge in [-0.25, -0.2) is 4.98 Å². The number of anilines is 1. The van der Waals surface area contributed by atoms with Crippen LogP contribution in [0.2, 0.25) is 0 Å². The summed E-state index contributed by atoms with van der Waals surface area (Å²) in [6.45, 7) is 2.66. The molecular formula is C18H18N6O. The highest BCUT2D eigenvalue weighted by Gasteiger charge is 2.40.